The van der Waals surface area contributed by atoms with E-state index in [9.17, 15) is 4.39 Å². The minimum atomic E-state index is -0.389. The van der Waals surface area contributed by atoms with Crippen molar-refractivity contribution in [3.63, 3.8) is 0 Å². The normalized spacial score (nSPS) is 11.0. The summed E-state index contributed by atoms with van der Waals surface area (Å²) in [7, 11) is 0. The van der Waals surface area contributed by atoms with Crippen LogP contribution in [0.1, 0.15) is 11.1 Å². The number of hydrogen-bond donors (Lipinski definition) is 1. The maximum Gasteiger partial charge on any atom is 0.146 e. The molecule has 3 heteroatoms. The van der Waals surface area contributed by atoms with Crippen LogP contribution in [-0.4, -0.2) is 5.88 Å². The van der Waals surface area contributed by atoms with Gasteiger partial charge in [-0.1, -0.05) is 12.2 Å². The molecule has 0 atom stereocenters. The van der Waals surface area contributed by atoms with Crippen molar-refractivity contribution in [2.24, 2.45) is 0 Å². The van der Waals surface area contributed by atoms with Crippen LogP contribution in [0.2, 0.25) is 0 Å². The molecule has 0 unspecified atom stereocenters. The van der Waals surface area contributed by atoms with Crippen molar-refractivity contribution in [2.45, 2.75) is 6.92 Å². The van der Waals surface area contributed by atoms with E-state index in [4.69, 9.17) is 17.3 Å². The zero-order valence-corrected chi connectivity index (χ0v) is 8.11. The second kappa shape index (κ2) is 4.28. The van der Waals surface area contributed by atoms with Gasteiger partial charge in [0, 0.05) is 5.88 Å². The highest BCUT2D eigenvalue weighted by Gasteiger charge is 2.01. The van der Waals surface area contributed by atoms with Crippen molar-refractivity contribution in [1.82, 2.24) is 0 Å². The fraction of sp³-hybridized carbons (Fsp3) is 0.200. The van der Waals surface area contributed by atoms with Crippen molar-refractivity contribution >= 4 is 23.4 Å². The van der Waals surface area contributed by atoms with Gasteiger partial charge in [0.1, 0.15) is 5.82 Å². The summed E-state index contributed by atoms with van der Waals surface area (Å²) < 4.78 is 13.0. The molecule has 0 aliphatic carbocycles. The Kier molecular flexibility index (Phi) is 3.32. The van der Waals surface area contributed by atoms with Gasteiger partial charge in [0.05, 0.1) is 5.69 Å². The average molecular weight is 200 g/mol. The molecular formula is C10H11ClFN. The molecule has 0 amide bonds. The van der Waals surface area contributed by atoms with E-state index >= 15 is 0 Å². The van der Waals surface area contributed by atoms with Gasteiger partial charge in [0.2, 0.25) is 0 Å². The Morgan fingerprint density at radius 2 is 2.23 bits per heavy atom. The number of anilines is 1. The van der Waals surface area contributed by atoms with Gasteiger partial charge in [-0.3, -0.25) is 0 Å². The van der Waals surface area contributed by atoms with Crippen molar-refractivity contribution in [3.8, 4) is 0 Å². The fourth-order valence-corrected chi connectivity index (χ4v) is 1.16. The highest BCUT2D eigenvalue weighted by Crippen LogP contribution is 2.18. The highest BCUT2D eigenvalue weighted by atomic mass is 35.5. The molecule has 2 N–H and O–H groups in total. The van der Waals surface area contributed by atoms with Gasteiger partial charge < -0.3 is 5.73 Å². The first-order valence-corrected chi connectivity index (χ1v) is 4.46. The van der Waals surface area contributed by atoms with E-state index < -0.39 is 0 Å². The van der Waals surface area contributed by atoms with E-state index in [0.29, 0.717) is 5.88 Å². The lowest BCUT2D eigenvalue weighted by molar-refractivity contribution is 0.632. The van der Waals surface area contributed by atoms with Crippen molar-refractivity contribution in [2.75, 3.05) is 11.6 Å². The first kappa shape index (κ1) is 10.1. The number of rotatable bonds is 2. The van der Waals surface area contributed by atoms with Crippen LogP contribution in [0.3, 0.4) is 0 Å². The van der Waals surface area contributed by atoms with Gasteiger partial charge in [-0.2, -0.15) is 0 Å². The maximum atomic E-state index is 13.0. The van der Waals surface area contributed by atoms with Gasteiger partial charge in [-0.05, 0) is 30.2 Å². The summed E-state index contributed by atoms with van der Waals surface area (Å²) in [6, 6.07) is 3.02. The third kappa shape index (κ3) is 2.46. The van der Waals surface area contributed by atoms with E-state index in [-0.39, 0.29) is 11.5 Å². The standard InChI is InChI=1S/C10H11ClFN/c1-7-5-10(13)9(12)6-8(7)3-2-4-11/h2-3,5-6H,4,13H2,1H3. The zero-order valence-electron chi connectivity index (χ0n) is 7.35. The van der Waals surface area contributed by atoms with Gasteiger partial charge in [-0.25, -0.2) is 4.39 Å². The smallest absolute Gasteiger partial charge is 0.146 e. The summed E-state index contributed by atoms with van der Waals surface area (Å²) in [6.07, 6.45) is 3.55. The number of aryl methyl sites for hydroxylation is 1. The molecule has 0 aliphatic rings. The van der Waals surface area contributed by atoms with Gasteiger partial charge in [0.25, 0.3) is 0 Å². The quantitative estimate of drug-likeness (QED) is 0.575. The van der Waals surface area contributed by atoms with Crippen molar-refractivity contribution in [3.05, 3.63) is 35.2 Å². The number of benzene rings is 1. The molecule has 1 aromatic rings. The molecule has 0 heterocycles. The Balaban J connectivity index is 3.08. The monoisotopic (exact) mass is 199 g/mol. The molecule has 0 spiro atoms. The summed E-state index contributed by atoms with van der Waals surface area (Å²) in [5.74, 6) is 0.0330. The second-order valence-electron chi connectivity index (χ2n) is 2.79. The molecule has 1 aromatic carbocycles. The Hall–Kier alpha value is -1.02. The number of allylic oxidation sites excluding steroid dienone is 1. The Bertz CT molecular complexity index is 334. The minimum Gasteiger partial charge on any atom is -0.396 e. The summed E-state index contributed by atoms with van der Waals surface area (Å²) in [5, 5.41) is 0. The third-order valence-corrected chi connectivity index (χ3v) is 1.95. The maximum absolute atomic E-state index is 13.0. The summed E-state index contributed by atoms with van der Waals surface area (Å²) in [5.41, 5.74) is 7.33. The molecule has 0 saturated carbocycles. The van der Waals surface area contributed by atoms with Crippen LogP contribution < -0.4 is 5.73 Å². The van der Waals surface area contributed by atoms with E-state index in [0.717, 1.165) is 11.1 Å². The molecule has 0 saturated heterocycles. The van der Waals surface area contributed by atoms with E-state index in [1.165, 1.54) is 6.07 Å². The van der Waals surface area contributed by atoms with Crippen molar-refractivity contribution in [1.29, 1.82) is 0 Å². The molecule has 0 fully saturated rings. The fourth-order valence-electron chi connectivity index (χ4n) is 1.07. The number of nitrogen functional groups attached to an aromatic ring is 1. The lowest BCUT2D eigenvalue weighted by atomic mass is 10.1. The predicted octanol–water partition coefficient (Wildman–Crippen LogP) is 2.97. The van der Waals surface area contributed by atoms with Gasteiger partial charge in [-0.15, -0.1) is 11.6 Å². The molecule has 0 bridgehead atoms. The lowest BCUT2D eigenvalue weighted by Gasteiger charge is -2.02. The van der Waals surface area contributed by atoms with Crippen LogP contribution in [-0.2, 0) is 0 Å². The number of halogens is 2. The summed E-state index contributed by atoms with van der Waals surface area (Å²) >= 11 is 5.47. The summed E-state index contributed by atoms with van der Waals surface area (Å²) in [6.45, 7) is 1.88. The Morgan fingerprint density at radius 1 is 1.54 bits per heavy atom. The molecule has 13 heavy (non-hydrogen) atoms. The molecule has 0 radical (unpaired) electrons. The number of hydrogen-bond acceptors (Lipinski definition) is 1. The molecule has 0 aliphatic heterocycles. The van der Waals surface area contributed by atoms with E-state index in [1.807, 2.05) is 6.92 Å². The minimum absolute atomic E-state index is 0.181. The highest BCUT2D eigenvalue weighted by molar-refractivity contribution is 6.19. The van der Waals surface area contributed by atoms with E-state index in [2.05, 4.69) is 0 Å². The van der Waals surface area contributed by atoms with Crippen LogP contribution in [0.15, 0.2) is 18.2 Å². The van der Waals surface area contributed by atoms with Crippen LogP contribution >= 0.6 is 11.6 Å². The topological polar surface area (TPSA) is 26.0 Å². The first-order valence-electron chi connectivity index (χ1n) is 3.93. The molecule has 1 nitrogen and oxygen atoms in total. The molecule has 1 rings (SSSR count). The van der Waals surface area contributed by atoms with Crippen LogP contribution in [0, 0.1) is 12.7 Å². The largest absolute Gasteiger partial charge is 0.396 e. The number of nitrogens with two attached hydrogens (primary N) is 1. The van der Waals surface area contributed by atoms with E-state index in [1.54, 1.807) is 18.2 Å². The Labute approximate surface area is 82.0 Å². The van der Waals surface area contributed by atoms with Crippen LogP contribution in [0.5, 0.6) is 0 Å². The number of alkyl halides is 1. The first-order chi connectivity index (χ1) is 6.15. The van der Waals surface area contributed by atoms with Crippen LogP contribution in [0.25, 0.3) is 6.08 Å². The molecule has 70 valence electrons. The SMILES string of the molecule is Cc1cc(N)c(F)cc1C=CCCl. The zero-order chi connectivity index (χ0) is 9.84. The summed E-state index contributed by atoms with van der Waals surface area (Å²) in [4.78, 5) is 0. The van der Waals surface area contributed by atoms with Crippen LogP contribution in [0.4, 0.5) is 10.1 Å². The van der Waals surface area contributed by atoms with Crippen molar-refractivity contribution < 1.29 is 4.39 Å². The lowest BCUT2D eigenvalue weighted by Crippen LogP contribution is -1.93. The Morgan fingerprint density at radius 3 is 2.85 bits per heavy atom. The predicted molar refractivity (Wildman–Crippen MR) is 55.3 cm³/mol. The molecule has 0 aromatic heterocycles. The van der Waals surface area contributed by atoms with Gasteiger partial charge >= 0.3 is 0 Å². The molecular weight excluding hydrogens is 189 g/mol. The second-order valence-corrected chi connectivity index (χ2v) is 3.10. The third-order valence-electron chi connectivity index (χ3n) is 1.77. The average Bonchev–Trinajstić information content (AvgIpc) is 2.09. The van der Waals surface area contributed by atoms with Gasteiger partial charge in [0.15, 0.2) is 0 Å².